The molecular weight excluding hydrogens is 366 g/mol. The number of aliphatic carboxylic acids is 1. The number of hydrogen-bond donors (Lipinski definition) is 3. The van der Waals surface area contributed by atoms with Gasteiger partial charge in [0.15, 0.2) is 0 Å². The fraction of sp³-hybridized carbons (Fsp3) is 0.579. The fourth-order valence-corrected chi connectivity index (χ4v) is 3.16. The third kappa shape index (κ3) is 6.99. The zero-order valence-corrected chi connectivity index (χ0v) is 16.5. The second-order valence-electron chi connectivity index (χ2n) is 6.73. The van der Waals surface area contributed by atoms with E-state index in [2.05, 4.69) is 5.32 Å². The van der Waals surface area contributed by atoms with Crippen molar-refractivity contribution in [2.75, 3.05) is 58.9 Å². The molecule has 0 bridgehead atoms. The van der Waals surface area contributed by atoms with E-state index >= 15 is 0 Å². The van der Waals surface area contributed by atoms with E-state index in [-0.39, 0.29) is 6.42 Å². The van der Waals surface area contributed by atoms with Crippen molar-refractivity contribution in [3.63, 3.8) is 0 Å². The molecule has 9 nitrogen and oxygen atoms in total. The van der Waals surface area contributed by atoms with Gasteiger partial charge in [-0.25, -0.2) is 0 Å². The monoisotopic (exact) mass is 396 g/mol. The molecule has 1 fully saturated rings. The third-order valence-corrected chi connectivity index (χ3v) is 4.77. The van der Waals surface area contributed by atoms with E-state index in [0.29, 0.717) is 23.7 Å². The van der Waals surface area contributed by atoms with Crippen molar-refractivity contribution in [2.24, 2.45) is 0 Å². The summed E-state index contributed by atoms with van der Waals surface area (Å²) in [6.07, 6.45) is 0.678. The maximum atomic E-state index is 12.3. The summed E-state index contributed by atoms with van der Waals surface area (Å²) in [5.74, 6) is -0.636. The van der Waals surface area contributed by atoms with Crippen LogP contribution in [0.2, 0.25) is 0 Å². The molecule has 28 heavy (non-hydrogen) atoms. The lowest BCUT2D eigenvalue weighted by molar-refractivity contribution is -0.909. The summed E-state index contributed by atoms with van der Waals surface area (Å²) in [6, 6.07) is 4.07. The number of amides is 1. The van der Waals surface area contributed by atoms with Crippen LogP contribution < -0.4 is 30.1 Å². The van der Waals surface area contributed by atoms with Crippen molar-refractivity contribution >= 4 is 17.6 Å². The van der Waals surface area contributed by atoms with E-state index in [9.17, 15) is 14.7 Å². The third-order valence-electron chi connectivity index (χ3n) is 4.77. The second-order valence-corrected chi connectivity index (χ2v) is 6.73. The largest absolute Gasteiger partial charge is 0.544 e. The molecule has 156 valence electrons. The van der Waals surface area contributed by atoms with Gasteiger partial charge < -0.3 is 39.6 Å². The Morgan fingerprint density at radius 1 is 1.29 bits per heavy atom. The lowest BCUT2D eigenvalue weighted by Crippen LogP contribution is -3.14. The molecule has 2 rings (SSSR count). The molecule has 1 amide bonds. The van der Waals surface area contributed by atoms with Crippen LogP contribution in [0.15, 0.2) is 18.2 Å². The Hall–Kier alpha value is -2.36. The van der Waals surface area contributed by atoms with Crippen LogP contribution in [-0.2, 0) is 14.3 Å². The number of carboxylic acid groups (broad SMARTS) is 1. The van der Waals surface area contributed by atoms with E-state index in [0.717, 1.165) is 39.3 Å². The molecule has 0 aliphatic carbocycles. The highest BCUT2D eigenvalue weighted by atomic mass is 16.5. The van der Waals surface area contributed by atoms with Crippen LogP contribution in [0.4, 0.5) is 5.69 Å². The first-order valence-electron chi connectivity index (χ1n) is 9.51. The Morgan fingerprint density at radius 2 is 2.04 bits per heavy atom. The Morgan fingerprint density at radius 3 is 2.68 bits per heavy atom. The number of carbonyl (C=O) groups is 2. The smallest absolute Gasteiger partial charge is 0.230 e. The Bertz CT molecular complexity index is 649. The van der Waals surface area contributed by atoms with Crippen LogP contribution in [0.1, 0.15) is 12.8 Å². The van der Waals surface area contributed by atoms with Crippen LogP contribution in [0.25, 0.3) is 0 Å². The van der Waals surface area contributed by atoms with Gasteiger partial charge in [0, 0.05) is 12.5 Å². The van der Waals surface area contributed by atoms with Crippen molar-refractivity contribution in [1.82, 2.24) is 0 Å². The average Bonchev–Trinajstić information content (AvgIpc) is 2.70. The van der Waals surface area contributed by atoms with Gasteiger partial charge in [-0.05, 0) is 12.1 Å². The summed E-state index contributed by atoms with van der Waals surface area (Å²) in [6.45, 7) is 5.10. The maximum Gasteiger partial charge on any atom is 0.230 e. The predicted molar refractivity (Wildman–Crippen MR) is 99.4 cm³/mol. The molecule has 0 unspecified atom stereocenters. The molecule has 1 aliphatic heterocycles. The number of hydrogen-bond acceptors (Lipinski definition) is 6. The molecule has 1 aliphatic rings. The van der Waals surface area contributed by atoms with Crippen molar-refractivity contribution in [2.45, 2.75) is 18.9 Å². The summed E-state index contributed by atoms with van der Waals surface area (Å²) in [7, 11) is 3.01. The number of nitrogens with one attached hydrogen (secondary N) is 2. The summed E-state index contributed by atoms with van der Waals surface area (Å²) >= 11 is 0. The van der Waals surface area contributed by atoms with E-state index in [1.54, 1.807) is 23.5 Å². The van der Waals surface area contributed by atoms with Gasteiger partial charge in [0.05, 0.1) is 58.6 Å². The van der Waals surface area contributed by atoms with Gasteiger partial charge in [0.25, 0.3) is 0 Å². The van der Waals surface area contributed by atoms with Crippen molar-refractivity contribution in [3.8, 4) is 11.5 Å². The minimum absolute atomic E-state index is 0.187. The summed E-state index contributed by atoms with van der Waals surface area (Å²) in [5, 5.41) is 15.8. The molecule has 0 radical (unpaired) electrons. The van der Waals surface area contributed by atoms with Gasteiger partial charge in [-0.15, -0.1) is 0 Å². The number of quaternary nitrogens is 2. The molecule has 1 saturated heterocycles. The average molecular weight is 396 g/mol. The molecule has 1 aromatic carbocycles. The molecule has 1 heterocycles. The van der Waals surface area contributed by atoms with Crippen molar-refractivity contribution in [1.29, 1.82) is 0 Å². The molecule has 0 aromatic heterocycles. The van der Waals surface area contributed by atoms with E-state index in [1.807, 2.05) is 0 Å². The fourth-order valence-electron chi connectivity index (χ4n) is 3.16. The van der Waals surface area contributed by atoms with Crippen LogP contribution in [0.5, 0.6) is 11.5 Å². The Balaban J connectivity index is 1.82. The van der Waals surface area contributed by atoms with E-state index in [1.165, 1.54) is 19.1 Å². The van der Waals surface area contributed by atoms with Crippen LogP contribution in [0, 0.1) is 0 Å². The first kappa shape index (κ1) is 21.9. The Labute approximate surface area is 164 Å². The highest BCUT2D eigenvalue weighted by Crippen LogP contribution is 2.28. The molecule has 1 atom stereocenters. The zero-order valence-electron chi connectivity index (χ0n) is 16.5. The van der Waals surface area contributed by atoms with E-state index < -0.39 is 17.9 Å². The minimum atomic E-state index is -1.24. The lowest BCUT2D eigenvalue weighted by atomic mass is 10.2. The molecular formula is C19H30N3O6+. The maximum absolute atomic E-state index is 12.3. The van der Waals surface area contributed by atoms with Gasteiger partial charge in [-0.3, -0.25) is 4.79 Å². The highest BCUT2D eigenvalue weighted by Gasteiger charge is 2.20. The number of anilines is 1. The highest BCUT2D eigenvalue weighted by molar-refractivity contribution is 5.94. The van der Waals surface area contributed by atoms with Crippen LogP contribution in [-0.4, -0.2) is 71.5 Å². The summed E-state index contributed by atoms with van der Waals surface area (Å²) in [4.78, 5) is 25.2. The van der Waals surface area contributed by atoms with Gasteiger partial charge in [0.1, 0.15) is 30.6 Å². The number of nitrogens with two attached hydrogens (primary N) is 1. The predicted octanol–water partition coefficient (Wildman–Crippen LogP) is -2.98. The van der Waals surface area contributed by atoms with Gasteiger partial charge >= 0.3 is 0 Å². The number of benzene rings is 1. The second kappa shape index (κ2) is 11.5. The first-order valence-corrected chi connectivity index (χ1v) is 9.51. The topological polar surface area (TPSA) is 118 Å². The summed E-state index contributed by atoms with van der Waals surface area (Å²) < 4.78 is 15.7. The zero-order chi connectivity index (χ0) is 20.4. The lowest BCUT2D eigenvalue weighted by Gasteiger charge is -2.23. The molecule has 4 N–H and O–H groups in total. The number of rotatable bonds is 11. The standard InChI is InChI=1S/C19H29N3O6/c1-26-14-4-5-17(27-2)15(12-14)21-18(23)13-16(19(24)25)20-6-3-7-22-8-10-28-11-9-22/h4-5,12,16,20H,3,6-11,13H2,1-2H3,(H,21,23)(H,24,25)/p+1/t16-/m1/s1. The number of carboxylic acids is 1. The Kier molecular flexibility index (Phi) is 8.99. The van der Waals surface area contributed by atoms with Crippen LogP contribution >= 0.6 is 0 Å². The number of ether oxygens (including phenoxy) is 3. The van der Waals surface area contributed by atoms with Gasteiger partial charge in [-0.2, -0.15) is 0 Å². The number of methoxy groups -OCH3 is 2. The quantitative estimate of drug-likeness (QED) is 0.344. The van der Waals surface area contributed by atoms with Crippen molar-refractivity contribution in [3.05, 3.63) is 18.2 Å². The van der Waals surface area contributed by atoms with Gasteiger partial charge in [0.2, 0.25) is 5.91 Å². The van der Waals surface area contributed by atoms with Crippen molar-refractivity contribution < 1.29 is 39.1 Å². The normalized spacial score (nSPS) is 15.6. The SMILES string of the molecule is COc1ccc(OC)c(NC(=O)C[C@@H]([NH2+]CCC[NH+]2CCOCC2)C(=O)[O-])c1. The molecule has 0 saturated carbocycles. The number of carbonyl (C=O) groups excluding carboxylic acids is 2. The molecule has 0 spiro atoms. The number of morpholine rings is 1. The first-order chi connectivity index (χ1) is 13.5. The molecule has 9 heteroatoms. The minimum Gasteiger partial charge on any atom is -0.544 e. The van der Waals surface area contributed by atoms with E-state index in [4.69, 9.17) is 14.2 Å². The summed E-state index contributed by atoms with van der Waals surface area (Å²) in [5.41, 5.74) is 0.430. The molecule has 1 aromatic rings. The van der Waals surface area contributed by atoms with Gasteiger partial charge in [-0.1, -0.05) is 0 Å². The van der Waals surface area contributed by atoms with Crippen LogP contribution in [0.3, 0.4) is 0 Å².